The van der Waals surface area contributed by atoms with Crippen LogP contribution in [0.1, 0.15) is 0 Å². The molecule has 0 aromatic rings. The Morgan fingerprint density at radius 2 is 1.25 bits per heavy atom. The van der Waals surface area contributed by atoms with Crippen molar-refractivity contribution in [3.05, 3.63) is 0 Å². The number of rotatable bonds is 0. The summed E-state index contributed by atoms with van der Waals surface area (Å²) in [6.45, 7) is 0. The average molecular weight is 289 g/mol. The van der Waals surface area contributed by atoms with Crippen LogP contribution < -0.4 is 0 Å². The third kappa shape index (κ3) is 10.4. The van der Waals surface area contributed by atoms with Crippen LogP contribution in [0.15, 0.2) is 0 Å². The Bertz CT molecular complexity index is 6.00. The maximum Gasteiger partial charge on any atom is 0.129 e. The zero-order chi connectivity index (χ0) is 2.71. The molecular formula is H8OPoSi2. The van der Waals surface area contributed by atoms with Crippen molar-refractivity contribution < 1.29 is 4.12 Å². The first-order valence-electron chi connectivity index (χ1n) is 0.816. The Labute approximate surface area is 51.7 Å². The fourth-order valence-corrected chi connectivity index (χ4v) is 0. The normalized spacial score (nSPS) is 6.00. The van der Waals surface area contributed by atoms with E-state index in [2.05, 4.69) is 4.12 Å². The molecule has 0 bridgehead atoms. The van der Waals surface area contributed by atoms with Gasteiger partial charge in [0.1, 0.15) is 21.0 Å². The molecule has 4 heavy (non-hydrogen) atoms. The second-order valence-corrected chi connectivity index (χ2v) is 3.67. The second-order valence-electron chi connectivity index (χ2n) is 0.408. The molecule has 4 heteroatoms. The maximum absolute atomic E-state index is 4.53. The van der Waals surface area contributed by atoms with E-state index in [4.69, 9.17) is 0 Å². The number of hydrogen-bond donors (Lipinski definition) is 0. The van der Waals surface area contributed by atoms with Gasteiger partial charge in [-0.1, -0.05) is 0 Å². The molecule has 0 unspecified atom stereocenters. The van der Waals surface area contributed by atoms with Crippen LogP contribution >= 0.6 is 0 Å². The summed E-state index contributed by atoms with van der Waals surface area (Å²) < 4.78 is 4.53. The van der Waals surface area contributed by atoms with Crippen LogP contribution in [0.25, 0.3) is 0 Å². The van der Waals surface area contributed by atoms with Crippen molar-refractivity contribution in [2.45, 2.75) is 0 Å². The molecule has 0 radical (unpaired) electrons. The van der Waals surface area contributed by atoms with E-state index in [1.54, 1.807) is 0 Å². The zero-order valence-electron chi connectivity index (χ0n) is 2.91. The third-order valence-electron chi connectivity index (χ3n) is 0. The smallest absolute Gasteiger partial charge is 0.129 e. The zero-order valence-corrected chi connectivity index (χ0v) is 10.8. The van der Waals surface area contributed by atoms with E-state index in [-0.39, 0.29) is 26.6 Å². The molecule has 0 aromatic carbocycles. The van der Waals surface area contributed by atoms with Gasteiger partial charge >= 0.3 is 26.6 Å². The van der Waals surface area contributed by atoms with Crippen LogP contribution in [0.4, 0.5) is 0 Å². The molecule has 28 valence electrons. The van der Waals surface area contributed by atoms with E-state index in [9.17, 15) is 0 Å². The molecule has 0 rings (SSSR count). The van der Waals surface area contributed by atoms with Crippen LogP contribution in [-0.4, -0.2) is 47.5 Å². The van der Waals surface area contributed by atoms with Gasteiger partial charge in [0.05, 0.1) is 0 Å². The second kappa shape index (κ2) is 8.85. The van der Waals surface area contributed by atoms with E-state index in [0.29, 0.717) is 0 Å². The van der Waals surface area contributed by atoms with Crippen molar-refractivity contribution in [2.24, 2.45) is 0 Å². The predicted molar refractivity (Wildman–Crippen MR) is 29.5 cm³/mol. The van der Waals surface area contributed by atoms with Gasteiger partial charge in [-0.3, -0.25) is 0 Å². The first-order valence-corrected chi connectivity index (χ1v) is 2.45. The van der Waals surface area contributed by atoms with Crippen LogP contribution in [0.2, 0.25) is 0 Å². The third-order valence-corrected chi connectivity index (χ3v) is 0. The summed E-state index contributed by atoms with van der Waals surface area (Å²) >= 11 is 0. The van der Waals surface area contributed by atoms with Crippen LogP contribution in [-0.2, 0) is 4.12 Å². The van der Waals surface area contributed by atoms with Crippen molar-refractivity contribution in [3.63, 3.8) is 0 Å². The molecule has 0 aliphatic carbocycles. The fourth-order valence-electron chi connectivity index (χ4n) is 0. The summed E-state index contributed by atoms with van der Waals surface area (Å²) in [5.74, 6) is 0. The van der Waals surface area contributed by atoms with Crippen LogP contribution in [0.3, 0.4) is 0 Å². The van der Waals surface area contributed by atoms with E-state index in [0.717, 1.165) is 21.0 Å². The van der Waals surface area contributed by atoms with E-state index in [1.807, 2.05) is 0 Å². The van der Waals surface area contributed by atoms with Gasteiger partial charge in [0.15, 0.2) is 0 Å². The molecule has 0 saturated carbocycles. The molecule has 0 heterocycles. The molecular weight excluding hydrogens is 281 g/mol. The van der Waals surface area contributed by atoms with Crippen molar-refractivity contribution in [2.75, 3.05) is 0 Å². The summed E-state index contributed by atoms with van der Waals surface area (Å²) in [6.07, 6.45) is 0. The van der Waals surface area contributed by atoms with Crippen molar-refractivity contribution >= 4 is 47.5 Å². The summed E-state index contributed by atoms with van der Waals surface area (Å²) in [7, 11) is 1.86. The standard InChI is InChI=1S/H6OSi2.Po.2H/c2-1-3;;;/h2-3H3;;;. The molecule has 0 atom stereocenters. The summed E-state index contributed by atoms with van der Waals surface area (Å²) in [5, 5.41) is 0. The van der Waals surface area contributed by atoms with Crippen molar-refractivity contribution in [3.8, 4) is 0 Å². The Kier molecular flexibility index (Phi) is 19.9. The van der Waals surface area contributed by atoms with Crippen LogP contribution in [0.5, 0.6) is 0 Å². The quantitative estimate of drug-likeness (QED) is 0.424. The largest absolute Gasteiger partial charge is 0.471 e. The monoisotopic (exact) mass is 289 g/mol. The minimum Gasteiger partial charge on any atom is -0.471 e. The van der Waals surface area contributed by atoms with E-state index in [1.165, 1.54) is 0 Å². The predicted octanol–water partition coefficient (Wildman–Crippen LogP) is -3.35. The first-order chi connectivity index (χ1) is 1.41. The topological polar surface area (TPSA) is 9.23 Å². The van der Waals surface area contributed by atoms with Gasteiger partial charge < -0.3 is 4.12 Å². The molecule has 0 saturated heterocycles. The molecule has 0 amide bonds. The fraction of sp³-hybridized carbons (Fsp3) is 0. The molecule has 0 aromatic heterocycles. The van der Waals surface area contributed by atoms with Crippen molar-refractivity contribution in [1.29, 1.82) is 0 Å². The van der Waals surface area contributed by atoms with Gasteiger partial charge in [-0.15, -0.1) is 0 Å². The average Bonchev–Trinajstić information content (AvgIpc) is 0.918. The summed E-state index contributed by atoms with van der Waals surface area (Å²) in [6, 6.07) is 0. The maximum atomic E-state index is 4.53. The van der Waals surface area contributed by atoms with E-state index < -0.39 is 0 Å². The summed E-state index contributed by atoms with van der Waals surface area (Å²) in [4.78, 5) is 0. The first kappa shape index (κ1) is 8.99. The molecule has 0 N–H and O–H groups in total. The van der Waals surface area contributed by atoms with Gasteiger partial charge in [0, 0.05) is 0 Å². The van der Waals surface area contributed by atoms with Gasteiger partial charge in [-0.2, -0.15) is 0 Å². The Balaban J connectivity index is 0. The molecule has 1 nitrogen and oxygen atoms in total. The van der Waals surface area contributed by atoms with Crippen LogP contribution in [0, 0.1) is 0 Å². The molecule has 0 aliphatic heterocycles. The van der Waals surface area contributed by atoms with Crippen molar-refractivity contribution in [1.82, 2.24) is 0 Å². The molecule has 0 spiro atoms. The number of hydrogen-bond acceptors (Lipinski definition) is 1. The minimum absolute atomic E-state index is 0. The van der Waals surface area contributed by atoms with Gasteiger partial charge in [-0.25, -0.2) is 0 Å². The Morgan fingerprint density at radius 1 is 1.25 bits per heavy atom. The Hall–Kier alpha value is 1.29. The molecule has 0 fully saturated rings. The van der Waals surface area contributed by atoms with Gasteiger partial charge in [-0.05, 0) is 0 Å². The summed E-state index contributed by atoms with van der Waals surface area (Å²) in [5.41, 5.74) is 0. The SMILES string of the molecule is [PoH2].[SiH3]O[SiH3]. The minimum atomic E-state index is 0. The van der Waals surface area contributed by atoms with E-state index >= 15 is 0 Å². The Morgan fingerprint density at radius 3 is 1.25 bits per heavy atom. The van der Waals surface area contributed by atoms with Gasteiger partial charge in [0.25, 0.3) is 0 Å². The molecule has 0 aliphatic rings. The van der Waals surface area contributed by atoms with Gasteiger partial charge in [0.2, 0.25) is 0 Å².